The van der Waals surface area contributed by atoms with Crippen LogP contribution in [0.3, 0.4) is 0 Å². The maximum Gasteiger partial charge on any atom is 0.116 e. The molecule has 0 aromatic heterocycles. The van der Waals surface area contributed by atoms with E-state index in [9.17, 15) is 5.11 Å². The maximum absolute atomic E-state index is 9.20. The van der Waals surface area contributed by atoms with E-state index >= 15 is 0 Å². The summed E-state index contributed by atoms with van der Waals surface area (Å²) in [6.45, 7) is 1.96. The molecule has 1 N–H and O–H groups in total. The number of halogens is 1. The van der Waals surface area contributed by atoms with Crippen LogP contribution in [0.5, 0.6) is 5.75 Å². The predicted octanol–water partition coefficient (Wildman–Crippen LogP) is 2.68. The van der Waals surface area contributed by atoms with Gasteiger partial charge in [-0.15, -0.1) is 11.6 Å². The van der Waals surface area contributed by atoms with E-state index in [1.165, 1.54) is 0 Å². The van der Waals surface area contributed by atoms with Crippen LogP contribution in [0.2, 0.25) is 0 Å². The molecule has 0 radical (unpaired) electrons. The fourth-order valence-electron chi connectivity index (χ4n) is 0.950. The number of hydrogen-bond donors (Lipinski definition) is 1. The SMILES string of the molecule is Cc1ccc(O)cc1C#CCCCl. The Balaban J connectivity index is 2.89. The lowest BCUT2D eigenvalue weighted by atomic mass is 10.1. The average molecular weight is 195 g/mol. The molecular weight excluding hydrogens is 184 g/mol. The molecule has 0 atom stereocenters. The van der Waals surface area contributed by atoms with Crippen molar-refractivity contribution < 1.29 is 5.11 Å². The smallest absolute Gasteiger partial charge is 0.116 e. The van der Waals surface area contributed by atoms with Crippen LogP contribution in [-0.4, -0.2) is 11.0 Å². The van der Waals surface area contributed by atoms with Gasteiger partial charge in [-0.25, -0.2) is 0 Å². The molecule has 0 fully saturated rings. The summed E-state index contributed by atoms with van der Waals surface area (Å²) in [5.74, 6) is 6.68. The zero-order valence-corrected chi connectivity index (χ0v) is 8.23. The fraction of sp³-hybridized carbons (Fsp3) is 0.273. The summed E-state index contributed by atoms with van der Waals surface area (Å²) >= 11 is 5.49. The molecule has 0 unspecified atom stereocenters. The molecule has 0 aliphatic heterocycles. The molecule has 1 aromatic rings. The van der Waals surface area contributed by atoms with E-state index in [-0.39, 0.29) is 5.75 Å². The first kappa shape index (κ1) is 9.95. The van der Waals surface area contributed by atoms with Crippen LogP contribution in [0.4, 0.5) is 0 Å². The van der Waals surface area contributed by atoms with E-state index in [0.717, 1.165) is 11.1 Å². The summed E-state index contributed by atoms with van der Waals surface area (Å²) in [6, 6.07) is 5.17. The zero-order chi connectivity index (χ0) is 9.68. The molecule has 1 nitrogen and oxygen atoms in total. The quantitative estimate of drug-likeness (QED) is 0.539. The Bertz CT molecular complexity index is 347. The zero-order valence-electron chi connectivity index (χ0n) is 7.47. The molecule has 1 rings (SSSR count). The largest absolute Gasteiger partial charge is 0.508 e. The minimum absolute atomic E-state index is 0.251. The minimum atomic E-state index is 0.251. The molecular formula is C11H11ClO. The Morgan fingerprint density at radius 1 is 1.46 bits per heavy atom. The summed E-state index contributed by atoms with van der Waals surface area (Å²) in [7, 11) is 0. The van der Waals surface area contributed by atoms with Gasteiger partial charge in [-0.3, -0.25) is 0 Å². The van der Waals surface area contributed by atoms with Gasteiger partial charge in [0.25, 0.3) is 0 Å². The molecule has 0 heterocycles. The highest BCUT2D eigenvalue weighted by Gasteiger charge is 1.94. The van der Waals surface area contributed by atoms with Crippen LogP contribution in [-0.2, 0) is 0 Å². The topological polar surface area (TPSA) is 20.2 Å². The van der Waals surface area contributed by atoms with Crippen LogP contribution in [0.25, 0.3) is 0 Å². The maximum atomic E-state index is 9.20. The van der Waals surface area contributed by atoms with Crippen molar-refractivity contribution in [3.63, 3.8) is 0 Å². The molecule has 2 heteroatoms. The van der Waals surface area contributed by atoms with Crippen LogP contribution < -0.4 is 0 Å². The molecule has 0 saturated heterocycles. The second-order valence-electron chi connectivity index (χ2n) is 2.74. The van der Waals surface area contributed by atoms with Crippen molar-refractivity contribution in [3.8, 4) is 17.6 Å². The van der Waals surface area contributed by atoms with Crippen molar-refractivity contribution in [1.82, 2.24) is 0 Å². The molecule has 0 aliphatic carbocycles. The van der Waals surface area contributed by atoms with Crippen molar-refractivity contribution in [2.24, 2.45) is 0 Å². The molecule has 0 amide bonds. The van der Waals surface area contributed by atoms with Crippen LogP contribution in [0.1, 0.15) is 17.5 Å². The van der Waals surface area contributed by atoms with Gasteiger partial charge in [0.1, 0.15) is 5.75 Å². The van der Waals surface area contributed by atoms with Crippen LogP contribution in [0.15, 0.2) is 18.2 Å². The highest BCUT2D eigenvalue weighted by Crippen LogP contribution is 2.14. The van der Waals surface area contributed by atoms with Crippen molar-refractivity contribution in [2.75, 3.05) is 5.88 Å². The number of benzene rings is 1. The first-order valence-corrected chi connectivity index (χ1v) is 4.62. The lowest BCUT2D eigenvalue weighted by Crippen LogP contribution is -1.81. The summed E-state index contributed by atoms with van der Waals surface area (Å²) in [5.41, 5.74) is 1.94. The molecule has 0 spiro atoms. The second kappa shape index (κ2) is 4.79. The van der Waals surface area contributed by atoms with Crippen molar-refractivity contribution in [1.29, 1.82) is 0 Å². The fourth-order valence-corrected chi connectivity index (χ4v) is 1.04. The van der Waals surface area contributed by atoms with Gasteiger partial charge >= 0.3 is 0 Å². The molecule has 0 bridgehead atoms. The van der Waals surface area contributed by atoms with Gasteiger partial charge in [0, 0.05) is 17.9 Å². The van der Waals surface area contributed by atoms with Crippen LogP contribution in [0, 0.1) is 18.8 Å². The van der Waals surface area contributed by atoms with E-state index in [2.05, 4.69) is 11.8 Å². The third-order valence-electron chi connectivity index (χ3n) is 1.66. The molecule has 13 heavy (non-hydrogen) atoms. The highest BCUT2D eigenvalue weighted by molar-refractivity contribution is 6.18. The number of rotatable bonds is 1. The van der Waals surface area contributed by atoms with E-state index in [4.69, 9.17) is 11.6 Å². The van der Waals surface area contributed by atoms with Gasteiger partial charge in [-0.1, -0.05) is 17.9 Å². The van der Waals surface area contributed by atoms with E-state index in [1.807, 2.05) is 13.0 Å². The third-order valence-corrected chi connectivity index (χ3v) is 1.85. The van der Waals surface area contributed by atoms with Gasteiger partial charge in [0.05, 0.1) is 0 Å². The predicted molar refractivity (Wildman–Crippen MR) is 55.1 cm³/mol. The van der Waals surface area contributed by atoms with Crippen LogP contribution >= 0.6 is 11.6 Å². The van der Waals surface area contributed by atoms with Crippen molar-refractivity contribution in [2.45, 2.75) is 13.3 Å². The Morgan fingerprint density at radius 3 is 2.92 bits per heavy atom. The van der Waals surface area contributed by atoms with E-state index < -0.39 is 0 Å². The molecule has 1 aromatic carbocycles. The highest BCUT2D eigenvalue weighted by atomic mass is 35.5. The molecule has 0 aliphatic rings. The average Bonchev–Trinajstić information content (AvgIpc) is 2.11. The summed E-state index contributed by atoms with van der Waals surface area (Å²) < 4.78 is 0. The summed E-state index contributed by atoms with van der Waals surface area (Å²) in [6.07, 6.45) is 0.677. The van der Waals surface area contributed by atoms with Gasteiger partial charge < -0.3 is 5.11 Å². The van der Waals surface area contributed by atoms with Gasteiger partial charge in [-0.2, -0.15) is 0 Å². The number of aryl methyl sites for hydroxylation is 1. The van der Waals surface area contributed by atoms with Gasteiger partial charge in [-0.05, 0) is 24.6 Å². The van der Waals surface area contributed by atoms with E-state index in [0.29, 0.717) is 12.3 Å². The molecule has 68 valence electrons. The lowest BCUT2D eigenvalue weighted by molar-refractivity contribution is 0.475. The Hall–Kier alpha value is -1.13. The summed E-state index contributed by atoms with van der Waals surface area (Å²) in [5, 5.41) is 9.20. The summed E-state index contributed by atoms with van der Waals surface area (Å²) in [4.78, 5) is 0. The van der Waals surface area contributed by atoms with Crippen molar-refractivity contribution >= 4 is 11.6 Å². The lowest BCUT2D eigenvalue weighted by Gasteiger charge is -1.97. The minimum Gasteiger partial charge on any atom is -0.508 e. The standard InChI is InChI=1S/C11H11ClO/c1-9-5-6-11(13)8-10(9)4-2-3-7-12/h5-6,8,13H,3,7H2,1H3. The second-order valence-corrected chi connectivity index (χ2v) is 3.12. The monoisotopic (exact) mass is 194 g/mol. The first-order chi connectivity index (χ1) is 6.24. The molecule has 0 saturated carbocycles. The van der Waals surface area contributed by atoms with E-state index in [1.54, 1.807) is 12.1 Å². The normalized spacial score (nSPS) is 9.08. The Kier molecular flexibility index (Phi) is 3.67. The number of phenols is 1. The number of phenolic OH excluding ortho intramolecular Hbond substituents is 1. The Morgan fingerprint density at radius 2 is 2.23 bits per heavy atom. The third kappa shape index (κ3) is 3.01. The van der Waals surface area contributed by atoms with Crippen molar-refractivity contribution in [3.05, 3.63) is 29.3 Å². The first-order valence-electron chi connectivity index (χ1n) is 4.08. The number of hydrogen-bond acceptors (Lipinski definition) is 1. The number of alkyl halides is 1. The van der Waals surface area contributed by atoms with Gasteiger partial charge in [0.2, 0.25) is 0 Å². The van der Waals surface area contributed by atoms with Gasteiger partial charge in [0.15, 0.2) is 0 Å². The number of aromatic hydroxyl groups is 1. The Labute approximate surface area is 83.4 Å².